The molecule has 0 heterocycles. The summed E-state index contributed by atoms with van der Waals surface area (Å²) in [5.74, 6) is 0. The predicted octanol–water partition coefficient (Wildman–Crippen LogP) is 3.33. The van der Waals surface area contributed by atoms with Gasteiger partial charge in [-0.1, -0.05) is 37.0 Å². The SMILES string of the molecule is C/C=C\C.C=CC(=C)C. The molecule has 0 fully saturated rings. The Balaban J connectivity index is 0. The van der Waals surface area contributed by atoms with E-state index >= 15 is 0 Å². The van der Waals surface area contributed by atoms with Gasteiger partial charge >= 0.3 is 0 Å². The number of hydrogen-bond acceptors (Lipinski definition) is 0. The normalized spacial score (nSPS) is 7.89. The average Bonchev–Trinajstić information content (AvgIpc) is 1.89. The van der Waals surface area contributed by atoms with Crippen LogP contribution in [-0.4, -0.2) is 0 Å². The van der Waals surface area contributed by atoms with Crippen molar-refractivity contribution >= 4 is 0 Å². The molecule has 0 bridgehead atoms. The third kappa shape index (κ3) is 39.9. The van der Waals surface area contributed by atoms with Crippen LogP contribution in [0, 0.1) is 0 Å². The lowest BCUT2D eigenvalue weighted by Gasteiger charge is -1.71. The van der Waals surface area contributed by atoms with Crippen molar-refractivity contribution in [1.29, 1.82) is 0 Å². The molecule has 9 heavy (non-hydrogen) atoms. The van der Waals surface area contributed by atoms with Crippen LogP contribution < -0.4 is 0 Å². The van der Waals surface area contributed by atoms with E-state index < -0.39 is 0 Å². The molecule has 0 rings (SSSR count). The highest BCUT2D eigenvalue weighted by Crippen LogP contribution is 1.81. The third-order valence-corrected chi connectivity index (χ3v) is 0.682. The minimum absolute atomic E-state index is 1.02. The summed E-state index contributed by atoms with van der Waals surface area (Å²) >= 11 is 0. The zero-order valence-corrected chi connectivity index (χ0v) is 6.65. The zero-order valence-electron chi connectivity index (χ0n) is 6.65. The number of allylic oxidation sites excluding steroid dienone is 4. The first-order chi connectivity index (χ1) is 4.18. The fourth-order valence-corrected chi connectivity index (χ4v) is 0. The average molecular weight is 124 g/mol. The molecule has 0 aromatic rings. The van der Waals surface area contributed by atoms with Gasteiger partial charge in [-0.3, -0.25) is 0 Å². The highest BCUT2D eigenvalue weighted by atomic mass is 13.7. The molecule has 0 N–H and O–H groups in total. The van der Waals surface area contributed by atoms with E-state index in [1.54, 1.807) is 6.08 Å². The van der Waals surface area contributed by atoms with Crippen molar-refractivity contribution in [2.75, 3.05) is 0 Å². The summed E-state index contributed by atoms with van der Waals surface area (Å²) in [5, 5.41) is 0. The van der Waals surface area contributed by atoms with E-state index in [0.29, 0.717) is 0 Å². The van der Waals surface area contributed by atoms with Gasteiger partial charge in [0.2, 0.25) is 0 Å². The van der Waals surface area contributed by atoms with Gasteiger partial charge in [0.25, 0.3) is 0 Å². The monoisotopic (exact) mass is 124 g/mol. The maximum Gasteiger partial charge on any atom is -0.0404 e. The van der Waals surface area contributed by atoms with Crippen LogP contribution in [0.15, 0.2) is 37.0 Å². The number of rotatable bonds is 1. The summed E-state index contributed by atoms with van der Waals surface area (Å²) in [6.45, 7) is 12.9. The summed E-state index contributed by atoms with van der Waals surface area (Å²) in [6, 6.07) is 0. The van der Waals surface area contributed by atoms with Crippen LogP contribution >= 0.6 is 0 Å². The van der Waals surface area contributed by atoms with Crippen LogP contribution in [0.2, 0.25) is 0 Å². The Bertz CT molecular complexity index is 92.6. The highest BCUT2D eigenvalue weighted by Gasteiger charge is 1.59. The Morgan fingerprint density at radius 2 is 1.44 bits per heavy atom. The molecule has 0 aliphatic rings. The Morgan fingerprint density at radius 3 is 1.44 bits per heavy atom. The van der Waals surface area contributed by atoms with Crippen molar-refractivity contribution in [2.45, 2.75) is 20.8 Å². The molecule has 0 heteroatoms. The molecule has 0 unspecified atom stereocenters. The minimum atomic E-state index is 1.02. The van der Waals surface area contributed by atoms with Crippen LogP contribution in [0.25, 0.3) is 0 Å². The lowest BCUT2D eigenvalue weighted by molar-refractivity contribution is 1.58. The van der Waals surface area contributed by atoms with Crippen molar-refractivity contribution in [3.05, 3.63) is 37.0 Å². The Labute approximate surface area is 58.6 Å². The molecular formula is C9H16. The second-order valence-corrected chi connectivity index (χ2v) is 1.72. The maximum absolute atomic E-state index is 3.56. The van der Waals surface area contributed by atoms with Crippen molar-refractivity contribution in [1.82, 2.24) is 0 Å². The molecule has 0 nitrogen and oxygen atoms in total. The van der Waals surface area contributed by atoms with Gasteiger partial charge in [0.05, 0.1) is 0 Å². The van der Waals surface area contributed by atoms with E-state index in [2.05, 4.69) is 13.2 Å². The van der Waals surface area contributed by atoms with Gasteiger partial charge in [-0.2, -0.15) is 0 Å². The van der Waals surface area contributed by atoms with E-state index in [4.69, 9.17) is 0 Å². The quantitative estimate of drug-likeness (QED) is 0.371. The van der Waals surface area contributed by atoms with Crippen molar-refractivity contribution < 1.29 is 0 Å². The number of hydrogen-bond donors (Lipinski definition) is 0. The topological polar surface area (TPSA) is 0 Å². The molecular weight excluding hydrogens is 108 g/mol. The third-order valence-electron chi connectivity index (χ3n) is 0.682. The molecule has 0 radical (unpaired) electrons. The summed E-state index contributed by atoms with van der Waals surface area (Å²) in [5.41, 5.74) is 1.02. The largest absolute Gasteiger partial charge is 0.0988 e. The molecule has 0 spiro atoms. The first-order valence-corrected chi connectivity index (χ1v) is 3.04. The second kappa shape index (κ2) is 10.3. The summed E-state index contributed by atoms with van der Waals surface area (Å²) < 4.78 is 0. The Morgan fingerprint density at radius 1 is 1.22 bits per heavy atom. The van der Waals surface area contributed by atoms with E-state index in [-0.39, 0.29) is 0 Å². The molecule has 0 saturated heterocycles. The zero-order chi connectivity index (χ0) is 7.70. The fourth-order valence-electron chi connectivity index (χ4n) is 0. The van der Waals surface area contributed by atoms with Crippen LogP contribution in [0.3, 0.4) is 0 Å². The van der Waals surface area contributed by atoms with Gasteiger partial charge in [0.1, 0.15) is 0 Å². The summed E-state index contributed by atoms with van der Waals surface area (Å²) in [4.78, 5) is 0. The Hall–Kier alpha value is -0.780. The van der Waals surface area contributed by atoms with E-state index in [1.165, 1.54) is 0 Å². The second-order valence-electron chi connectivity index (χ2n) is 1.72. The molecule has 0 aliphatic carbocycles. The van der Waals surface area contributed by atoms with E-state index in [0.717, 1.165) is 5.57 Å². The van der Waals surface area contributed by atoms with Crippen LogP contribution in [0.4, 0.5) is 0 Å². The Kier molecular flexibility index (Phi) is 12.6. The van der Waals surface area contributed by atoms with Crippen LogP contribution in [0.1, 0.15) is 20.8 Å². The predicted molar refractivity (Wildman–Crippen MR) is 45.5 cm³/mol. The minimum Gasteiger partial charge on any atom is -0.0988 e. The summed E-state index contributed by atoms with van der Waals surface area (Å²) in [6.07, 6.45) is 5.72. The van der Waals surface area contributed by atoms with Crippen LogP contribution in [-0.2, 0) is 0 Å². The lowest BCUT2D eigenvalue weighted by Crippen LogP contribution is -1.50. The standard InChI is InChI=1S/C5H8.C4H8/c1-4-5(2)3;1-3-4-2/h4H,1-2H2,3H3;3-4H,1-2H3/b;4-3-. The smallest absolute Gasteiger partial charge is 0.0404 e. The first-order valence-electron chi connectivity index (χ1n) is 3.04. The molecule has 0 saturated carbocycles. The van der Waals surface area contributed by atoms with Crippen molar-refractivity contribution in [3.63, 3.8) is 0 Å². The lowest BCUT2D eigenvalue weighted by atomic mass is 10.4. The summed E-state index contributed by atoms with van der Waals surface area (Å²) in [7, 11) is 0. The molecule has 0 aromatic heterocycles. The van der Waals surface area contributed by atoms with Crippen LogP contribution in [0.5, 0.6) is 0 Å². The van der Waals surface area contributed by atoms with E-state index in [1.807, 2.05) is 32.9 Å². The molecule has 52 valence electrons. The maximum atomic E-state index is 3.56. The molecule has 0 aliphatic heterocycles. The van der Waals surface area contributed by atoms with Gasteiger partial charge < -0.3 is 0 Å². The fraction of sp³-hybridized carbons (Fsp3) is 0.333. The van der Waals surface area contributed by atoms with Gasteiger partial charge in [-0.25, -0.2) is 0 Å². The molecule has 0 amide bonds. The van der Waals surface area contributed by atoms with Crippen molar-refractivity contribution in [3.8, 4) is 0 Å². The molecule has 0 atom stereocenters. The first kappa shape index (κ1) is 11.1. The van der Waals surface area contributed by atoms with Gasteiger partial charge in [0.15, 0.2) is 0 Å². The van der Waals surface area contributed by atoms with Gasteiger partial charge in [-0.15, -0.1) is 0 Å². The van der Waals surface area contributed by atoms with Gasteiger partial charge in [-0.05, 0) is 20.8 Å². The van der Waals surface area contributed by atoms with Crippen molar-refractivity contribution in [2.24, 2.45) is 0 Å². The van der Waals surface area contributed by atoms with E-state index in [9.17, 15) is 0 Å². The highest BCUT2D eigenvalue weighted by molar-refractivity contribution is 5.05. The molecule has 0 aromatic carbocycles. The van der Waals surface area contributed by atoms with Gasteiger partial charge in [0, 0.05) is 0 Å².